The molecule has 0 aromatic carbocycles. The van der Waals surface area contributed by atoms with Gasteiger partial charge in [0.2, 0.25) is 11.8 Å². The molecule has 2 atom stereocenters. The third kappa shape index (κ3) is 3.37. The fraction of sp³-hybridized carbons (Fsp3) is 0.417. The molecular weight excluding hydrogens is 282 g/mol. The number of nitrogens with zero attached hydrogens (tertiary/aromatic N) is 1. The van der Waals surface area contributed by atoms with Crippen LogP contribution in [0.2, 0.25) is 0 Å². The monoisotopic (exact) mass is 299 g/mol. The van der Waals surface area contributed by atoms with E-state index in [4.69, 9.17) is 0 Å². The molecule has 2 amide bonds. The highest BCUT2D eigenvalue weighted by atomic mass is 35.5. The van der Waals surface area contributed by atoms with E-state index >= 15 is 0 Å². The third-order valence-electron chi connectivity index (χ3n) is 2.98. The Morgan fingerprint density at radius 1 is 1.45 bits per heavy atom. The van der Waals surface area contributed by atoms with Gasteiger partial charge in [-0.15, -0.1) is 12.4 Å². The van der Waals surface area contributed by atoms with E-state index in [9.17, 15) is 9.59 Å². The van der Waals surface area contributed by atoms with Crippen LogP contribution in [0.1, 0.15) is 13.8 Å². The number of carbonyl (C=O) groups is 2. The van der Waals surface area contributed by atoms with Crippen molar-refractivity contribution in [3.63, 3.8) is 0 Å². The van der Waals surface area contributed by atoms with Gasteiger partial charge in [0.05, 0.1) is 11.7 Å². The first-order chi connectivity index (χ1) is 9.01. The smallest absolute Gasteiger partial charge is 0.246 e. The number of rotatable bonds is 3. The molecule has 1 aromatic rings. The second-order valence-electron chi connectivity index (χ2n) is 4.45. The van der Waals surface area contributed by atoms with Crippen molar-refractivity contribution in [2.24, 2.45) is 0 Å². The van der Waals surface area contributed by atoms with E-state index in [0.717, 1.165) is 0 Å². The number of likely N-dealkylation sites (N-methyl/N-ethyl adjacent to an activating group) is 1. The summed E-state index contributed by atoms with van der Waals surface area (Å²) in [5.74, 6) is 0.737. The maximum atomic E-state index is 11.7. The van der Waals surface area contributed by atoms with Crippen LogP contribution in [0.5, 0.6) is 0 Å². The van der Waals surface area contributed by atoms with Crippen molar-refractivity contribution < 1.29 is 9.59 Å². The fourth-order valence-electron chi connectivity index (χ4n) is 1.62. The van der Waals surface area contributed by atoms with E-state index in [0.29, 0.717) is 17.3 Å². The summed E-state index contributed by atoms with van der Waals surface area (Å²) in [6.45, 7) is 3.50. The minimum absolute atomic E-state index is 0. The summed E-state index contributed by atoms with van der Waals surface area (Å²) >= 11 is 0. The minimum atomic E-state index is -0.345. The predicted molar refractivity (Wildman–Crippen MR) is 80.4 cm³/mol. The van der Waals surface area contributed by atoms with Gasteiger partial charge < -0.3 is 21.3 Å². The SMILES string of the molecule is CNC(C)C(=O)Nc1ccc2c(n1)NC(C)C(=O)N2.Cl. The molecular formula is C12H18ClN5O2. The molecule has 110 valence electrons. The summed E-state index contributed by atoms with van der Waals surface area (Å²) in [7, 11) is 1.71. The number of carbonyl (C=O) groups excluding carboxylic acids is 2. The molecule has 0 fully saturated rings. The second-order valence-corrected chi connectivity index (χ2v) is 4.45. The molecule has 2 rings (SSSR count). The van der Waals surface area contributed by atoms with Crippen LogP contribution in [0.4, 0.5) is 17.3 Å². The Labute approximate surface area is 123 Å². The molecule has 2 unspecified atom stereocenters. The van der Waals surface area contributed by atoms with Gasteiger partial charge in [0.25, 0.3) is 0 Å². The van der Waals surface area contributed by atoms with Gasteiger partial charge in [-0.3, -0.25) is 9.59 Å². The van der Waals surface area contributed by atoms with Crippen LogP contribution in [-0.2, 0) is 9.59 Å². The van der Waals surface area contributed by atoms with E-state index in [-0.39, 0.29) is 36.3 Å². The predicted octanol–water partition coefficient (Wildman–Crippen LogP) is 0.802. The van der Waals surface area contributed by atoms with E-state index < -0.39 is 0 Å². The van der Waals surface area contributed by atoms with Gasteiger partial charge in [-0.2, -0.15) is 0 Å². The maximum Gasteiger partial charge on any atom is 0.246 e. The number of hydrogen-bond acceptors (Lipinski definition) is 5. The van der Waals surface area contributed by atoms with Gasteiger partial charge in [-0.25, -0.2) is 4.98 Å². The first-order valence-electron chi connectivity index (χ1n) is 6.08. The molecule has 1 aliphatic rings. The zero-order chi connectivity index (χ0) is 14.0. The molecule has 0 saturated carbocycles. The second kappa shape index (κ2) is 6.53. The van der Waals surface area contributed by atoms with Crippen LogP contribution in [0.3, 0.4) is 0 Å². The average Bonchev–Trinajstić information content (AvgIpc) is 2.39. The zero-order valence-electron chi connectivity index (χ0n) is 11.5. The van der Waals surface area contributed by atoms with Gasteiger partial charge in [-0.1, -0.05) is 0 Å². The average molecular weight is 300 g/mol. The number of halogens is 1. The number of amides is 2. The minimum Gasteiger partial charge on any atom is -0.357 e. The molecule has 7 nitrogen and oxygen atoms in total. The van der Waals surface area contributed by atoms with E-state index in [1.165, 1.54) is 0 Å². The molecule has 0 saturated heterocycles. The lowest BCUT2D eigenvalue weighted by Gasteiger charge is -2.23. The lowest BCUT2D eigenvalue weighted by molar-refractivity contribution is -0.118. The van der Waals surface area contributed by atoms with Crippen molar-refractivity contribution in [1.29, 1.82) is 0 Å². The van der Waals surface area contributed by atoms with Crippen molar-refractivity contribution in [3.8, 4) is 0 Å². The first-order valence-corrected chi connectivity index (χ1v) is 6.08. The van der Waals surface area contributed by atoms with Crippen LogP contribution in [0.15, 0.2) is 12.1 Å². The Hall–Kier alpha value is -1.86. The molecule has 0 bridgehead atoms. The first kappa shape index (κ1) is 16.2. The molecule has 1 aromatic heterocycles. The number of nitrogens with one attached hydrogen (secondary N) is 4. The fourth-order valence-corrected chi connectivity index (χ4v) is 1.62. The lowest BCUT2D eigenvalue weighted by atomic mass is 10.2. The highest BCUT2D eigenvalue weighted by molar-refractivity contribution is 6.02. The van der Waals surface area contributed by atoms with Crippen molar-refractivity contribution >= 4 is 41.5 Å². The van der Waals surface area contributed by atoms with E-state index in [1.807, 2.05) is 0 Å². The topological polar surface area (TPSA) is 95.2 Å². The summed E-state index contributed by atoms with van der Waals surface area (Å²) in [5.41, 5.74) is 0.614. The normalized spacial score (nSPS) is 17.9. The van der Waals surface area contributed by atoms with Crippen molar-refractivity contribution in [1.82, 2.24) is 10.3 Å². The Bertz CT molecular complexity index is 523. The van der Waals surface area contributed by atoms with Crippen LogP contribution in [0, 0.1) is 0 Å². The van der Waals surface area contributed by atoms with Gasteiger partial charge in [0.1, 0.15) is 11.9 Å². The van der Waals surface area contributed by atoms with Crippen molar-refractivity contribution in [3.05, 3.63) is 12.1 Å². The Morgan fingerprint density at radius 2 is 2.15 bits per heavy atom. The van der Waals surface area contributed by atoms with Gasteiger partial charge in [-0.05, 0) is 33.0 Å². The largest absolute Gasteiger partial charge is 0.357 e. The van der Waals surface area contributed by atoms with E-state index in [2.05, 4.69) is 26.3 Å². The molecule has 2 heterocycles. The summed E-state index contributed by atoms with van der Waals surface area (Å²) in [6, 6.07) is 2.71. The third-order valence-corrected chi connectivity index (χ3v) is 2.98. The summed E-state index contributed by atoms with van der Waals surface area (Å²) in [4.78, 5) is 27.5. The van der Waals surface area contributed by atoms with Crippen molar-refractivity contribution in [2.45, 2.75) is 25.9 Å². The Balaban J connectivity index is 0.00000200. The summed E-state index contributed by atoms with van der Waals surface area (Å²) in [5, 5.41) is 11.3. The molecule has 0 radical (unpaired) electrons. The highest BCUT2D eigenvalue weighted by Crippen LogP contribution is 2.26. The number of anilines is 3. The number of hydrogen-bond donors (Lipinski definition) is 4. The van der Waals surface area contributed by atoms with Gasteiger partial charge >= 0.3 is 0 Å². The molecule has 0 aliphatic carbocycles. The summed E-state index contributed by atoms with van der Waals surface area (Å²) < 4.78 is 0. The standard InChI is InChI=1S/C12H17N5O2.ClH/c1-6(13-3)11(18)17-9-5-4-8-10(16-9)14-7(2)12(19)15-8;/h4-7,13H,1-3H3,(H,15,19)(H2,14,16,17,18);1H. The molecule has 20 heavy (non-hydrogen) atoms. The zero-order valence-corrected chi connectivity index (χ0v) is 12.3. The molecule has 8 heteroatoms. The lowest BCUT2D eigenvalue weighted by Crippen LogP contribution is -2.37. The van der Waals surface area contributed by atoms with Gasteiger partial charge in [0, 0.05) is 0 Å². The highest BCUT2D eigenvalue weighted by Gasteiger charge is 2.22. The molecule has 0 spiro atoms. The van der Waals surface area contributed by atoms with Crippen LogP contribution in [0.25, 0.3) is 0 Å². The van der Waals surface area contributed by atoms with Crippen LogP contribution in [-0.4, -0.2) is 35.9 Å². The van der Waals surface area contributed by atoms with E-state index in [1.54, 1.807) is 33.0 Å². The van der Waals surface area contributed by atoms with Gasteiger partial charge in [0.15, 0.2) is 5.82 Å². The molecule has 4 N–H and O–H groups in total. The van der Waals surface area contributed by atoms with Crippen LogP contribution < -0.4 is 21.3 Å². The Morgan fingerprint density at radius 3 is 2.80 bits per heavy atom. The molecule has 1 aliphatic heterocycles. The maximum absolute atomic E-state index is 11.7. The number of aromatic nitrogens is 1. The quantitative estimate of drug-likeness (QED) is 0.662. The summed E-state index contributed by atoms with van der Waals surface area (Å²) in [6.07, 6.45) is 0. The number of fused-ring (bicyclic) bond motifs is 1. The van der Waals surface area contributed by atoms with Crippen molar-refractivity contribution in [2.75, 3.05) is 23.0 Å². The Kier molecular flexibility index (Phi) is 5.29. The van der Waals surface area contributed by atoms with Crippen LogP contribution >= 0.6 is 12.4 Å². The number of pyridine rings is 1.